The minimum absolute atomic E-state index is 0. The maximum atomic E-state index is 9.24. The molecule has 0 amide bonds. The van der Waals surface area contributed by atoms with Crippen molar-refractivity contribution < 1.29 is 29.7 Å². The average molecular weight is 264 g/mol. The Bertz CT molecular complexity index is 167. The van der Waals surface area contributed by atoms with Crippen molar-refractivity contribution in [3.8, 4) is 0 Å². The van der Waals surface area contributed by atoms with Crippen LogP contribution in [0.4, 0.5) is 0 Å². The second-order valence-electron chi connectivity index (χ2n) is 1.79. The third-order valence-electron chi connectivity index (χ3n) is 0.524. The molecule has 0 aliphatic heterocycles. The third-order valence-corrected chi connectivity index (χ3v) is 0.524. The molecule has 91 valence electrons. The van der Waals surface area contributed by atoms with Crippen molar-refractivity contribution in [2.75, 3.05) is 19.6 Å². The van der Waals surface area contributed by atoms with Gasteiger partial charge in [-0.3, -0.25) is 14.4 Å². The number of carboxylic acid groups (broad SMARTS) is 3. The average Bonchev–Trinajstić information content (AvgIpc) is 2.19. The van der Waals surface area contributed by atoms with Gasteiger partial charge < -0.3 is 32.5 Å². The molecule has 0 aromatic heterocycles. The molecule has 0 aromatic rings. The van der Waals surface area contributed by atoms with Crippen molar-refractivity contribution in [1.29, 1.82) is 0 Å². The number of carboxylic acids is 3. The summed E-state index contributed by atoms with van der Waals surface area (Å²) in [5.41, 5.74) is 13.7. The molecule has 9 N–H and O–H groups in total. The number of nitrogens with two attached hydrogens (primary N) is 3. The first kappa shape index (κ1) is 24.9. The number of aliphatic carboxylic acids is 3. The monoisotopic (exact) mass is 264 g/mol. The summed E-state index contributed by atoms with van der Waals surface area (Å²) in [5.74, 6) is -2.90. The van der Waals surface area contributed by atoms with Crippen LogP contribution < -0.4 is 17.2 Å². The first-order chi connectivity index (χ1) is 6.81. The van der Waals surface area contributed by atoms with Gasteiger partial charge in [0.15, 0.2) is 0 Å². The molecule has 0 saturated heterocycles. The quantitative estimate of drug-likeness (QED) is 0.283. The first-order valence-corrected chi connectivity index (χ1v) is 3.57. The second-order valence-corrected chi connectivity index (χ2v) is 1.79. The summed E-state index contributed by atoms with van der Waals surface area (Å²) in [6, 6.07) is 0. The maximum Gasteiger partial charge on any atom is 0.317 e. The van der Waals surface area contributed by atoms with Crippen LogP contribution in [0.2, 0.25) is 0 Å². The summed E-state index contributed by atoms with van der Waals surface area (Å²) in [6.07, 6.45) is 0. The molecule has 0 saturated carbocycles. The molecule has 9 nitrogen and oxygen atoms in total. The van der Waals surface area contributed by atoms with Crippen LogP contribution in [0.1, 0.15) is 0 Å². The molecule has 16 heavy (non-hydrogen) atoms. The van der Waals surface area contributed by atoms with E-state index in [-0.39, 0.29) is 71.0 Å². The standard InChI is InChI=1S/3C2H5NO2.K/c3*3-1-2(4)5;/h3*1,3H2,(H,4,5);. The summed E-state index contributed by atoms with van der Waals surface area (Å²) < 4.78 is 0. The van der Waals surface area contributed by atoms with Crippen molar-refractivity contribution in [3.63, 3.8) is 0 Å². The largest absolute Gasteiger partial charge is 0.480 e. The minimum Gasteiger partial charge on any atom is -0.480 e. The van der Waals surface area contributed by atoms with Gasteiger partial charge in [0.2, 0.25) is 0 Å². The zero-order valence-electron chi connectivity index (χ0n) is 8.92. The van der Waals surface area contributed by atoms with Gasteiger partial charge >= 0.3 is 17.9 Å². The fourth-order valence-corrected chi connectivity index (χ4v) is 0. The normalized spacial score (nSPS) is 6.94. The van der Waals surface area contributed by atoms with Gasteiger partial charge in [-0.15, -0.1) is 0 Å². The molecule has 0 bridgehead atoms. The summed E-state index contributed by atoms with van der Waals surface area (Å²) in [6.45, 7) is -0.833. The van der Waals surface area contributed by atoms with Gasteiger partial charge in [-0.05, 0) is 0 Å². The van der Waals surface area contributed by atoms with Gasteiger partial charge in [0, 0.05) is 51.4 Å². The van der Waals surface area contributed by atoms with Crippen LogP contribution in [0.3, 0.4) is 0 Å². The Kier molecular flexibility index (Phi) is 31.7. The van der Waals surface area contributed by atoms with Crippen molar-refractivity contribution in [3.05, 3.63) is 0 Å². The Balaban J connectivity index is -0.0000000655. The summed E-state index contributed by atoms with van der Waals surface area (Å²) in [5, 5.41) is 22.8. The summed E-state index contributed by atoms with van der Waals surface area (Å²) in [7, 11) is 0. The molecule has 0 rings (SSSR count). The zero-order chi connectivity index (χ0) is 12.9. The van der Waals surface area contributed by atoms with Crippen LogP contribution >= 0.6 is 0 Å². The smallest absolute Gasteiger partial charge is 0.317 e. The van der Waals surface area contributed by atoms with Crippen molar-refractivity contribution in [2.24, 2.45) is 17.2 Å². The van der Waals surface area contributed by atoms with Crippen LogP contribution in [0.5, 0.6) is 0 Å². The topological polar surface area (TPSA) is 190 Å². The van der Waals surface area contributed by atoms with E-state index in [2.05, 4.69) is 17.2 Å². The molecule has 0 fully saturated rings. The molecular formula is C6H15KN3O6. The second kappa shape index (κ2) is 20.4. The number of hydrogen-bond donors (Lipinski definition) is 6. The predicted octanol–water partition coefficient (Wildman–Crippen LogP) is -3.29. The number of rotatable bonds is 3. The maximum absolute atomic E-state index is 9.24. The van der Waals surface area contributed by atoms with Crippen molar-refractivity contribution in [2.45, 2.75) is 0 Å². The zero-order valence-corrected chi connectivity index (χ0v) is 12.0. The minimum atomic E-state index is -0.968. The molecule has 0 heterocycles. The first-order valence-electron chi connectivity index (χ1n) is 3.57. The van der Waals surface area contributed by atoms with E-state index >= 15 is 0 Å². The summed E-state index contributed by atoms with van der Waals surface area (Å²) in [4.78, 5) is 27.7. The van der Waals surface area contributed by atoms with Crippen LogP contribution in [-0.2, 0) is 14.4 Å². The number of hydrogen-bond acceptors (Lipinski definition) is 6. The van der Waals surface area contributed by atoms with Crippen LogP contribution in [0.15, 0.2) is 0 Å². The molecular weight excluding hydrogens is 249 g/mol. The number of carbonyl (C=O) groups is 3. The molecule has 0 spiro atoms. The Hall–Kier alpha value is -0.0736. The van der Waals surface area contributed by atoms with E-state index in [0.29, 0.717) is 0 Å². The Labute approximate surface area is 134 Å². The van der Waals surface area contributed by atoms with E-state index in [9.17, 15) is 14.4 Å². The van der Waals surface area contributed by atoms with Gasteiger partial charge in [-0.2, -0.15) is 0 Å². The van der Waals surface area contributed by atoms with Crippen LogP contribution in [0.25, 0.3) is 0 Å². The van der Waals surface area contributed by atoms with Gasteiger partial charge in [0.05, 0.1) is 19.6 Å². The van der Waals surface area contributed by atoms with Crippen LogP contribution in [0, 0.1) is 0 Å². The molecule has 0 unspecified atom stereocenters. The van der Waals surface area contributed by atoms with E-state index in [4.69, 9.17) is 15.3 Å². The fraction of sp³-hybridized carbons (Fsp3) is 0.500. The van der Waals surface area contributed by atoms with Crippen molar-refractivity contribution in [1.82, 2.24) is 0 Å². The van der Waals surface area contributed by atoms with Gasteiger partial charge in [0.1, 0.15) is 0 Å². The third kappa shape index (κ3) is 66.3. The Morgan fingerprint density at radius 1 is 0.688 bits per heavy atom. The molecule has 0 aliphatic carbocycles. The van der Waals surface area contributed by atoms with E-state index in [1.165, 1.54) is 0 Å². The molecule has 0 aromatic carbocycles. The van der Waals surface area contributed by atoms with E-state index in [1.807, 2.05) is 0 Å². The van der Waals surface area contributed by atoms with E-state index in [0.717, 1.165) is 0 Å². The van der Waals surface area contributed by atoms with E-state index in [1.54, 1.807) is 0 Å². The Morgan fingerprint density at radius 2 is 0.750 bits per heavy atom. The Morgan fingerprint density at radius 3 is 0.750 bits per heavy atom. The van der Waals surface area contributed by atoms with Gasteiger partial charge in [0.25, 0.3) is 0 Å². The molecule has 0 atom stereocenters. The molecule has 10 heteroatoms. The molecule has 0 aliphatic rings. The van der Waals surface area contributed by atoms with Crippen LogP contribution in [-0.4, -0.2) is 104 Å². The van der Waals surface area contributed by atoms with Crippen molar-refractivity contribution >= 4 is 69.3 Å². The summed E-state index contributed by atoms with van der Waals surface area (Å²) >= 11 is 0. The fourth-order valence-electron chi connectivity index (χ4n) is 0. The van der Waals surface area contributed by atoms with E-state index < -0.39 is 17.9 Å². The molecule has 1 radical (unpaired) electrons. The predicted molar refractivity (Wildman–Crippen MR) is 55.8 cm³/mol. The van der Waals surface area contributed by atoms with Gasteiger partial charge in [-0.1, -0.05) is 0 Å². The van der Waals surface area contributed by atoms with Gasteiger partial charge in [-0.25, -0.2) is 0 Å². The SMILES string of the molecule is NCC(=O)O.NCC(=O)O.NCC(=O)O.[K].